The van der Waals surface area contributed by atoms with Gasteiger partial charge in [-0.05, 0) is 26.1 Å². The molecule has 5 nitrogen and oxygen atoms in total. The molecule has 0 heterocycles. The van der Waals surface area contributed by atoms with Gasteiger partial charge < -0.3 is 11.1 Å². The molecule has 16 heavy (non-hydrogen) atoms. The first-order valence-corrected chi connectivity index (χ1v) is 5.62. The second-order valence-corrected chi connectivity index (χ2v) is 4.39. The number of likely N-dealkylation sites (N-methyl/N-ethyl adjacent to an activating group) is 1. The zero-order valence-electron chi connectivity index (χ0n) is 9.16. The van der Waals surface area contributed by atoms with Crippen molar-refractivity contribution >= 4 is 21.6 Å². The fourth-order valence-corrected chi connectivity index (χ4v) is 1.89. The molecule has 88 valence electrons. The molecule has 1 unspecified atom stereocenters. The van der Waals surface area contributed by atoms with E-state index in [2.05, 4.69) is 21.2 Å². The minimum absolute atomic E-state index is 0.0946. The number of halogens is 1. The number of nitro groups is 1. The van der Waals surface area contributed by atoms with Crippen molar-refractivity contribution in [2.24, 2.45) is 5.73 Å². The van der Waals surface area contributed by atoms with E-state index in [1.165, 1.54) is 0 Å². The molecule has 0 bridgehead atoms. The molecule has 1 atom stereocenters. The zero-order valence-corrected chi connectivity index (χ0v) is 10.7. The number of nitrogens with two attached hydrogens (primary N) is 1. The van der Waals surface area contributed by atoms with Crippen LogP contribution in [0.5, 0.6) is 0 Å². The molecule has 3 N–H and O–H groups in total. The van der Waals surface area contributed by atoms with Crippen molar-refractivity contribution in [1.82, 2.24) is 5.32 Å². The largest absolute Gasteiger partial charge is 0.323 e. The van der Waals surface area contributed by atoms with Crippen LogP contribution in [0.25, 0.3) is 0 Å². The maximum atomic E-state index is 11.0. The van der Waals surface area contributed by atoms with Crippen molar-refractivity contribution in [3.63, 3.8) is 0 Å². The second kappa shape index (κ2) is 5.38. The number of hydrogen-bond acceptors (Lipinski definition) is 4. The van der Waals surface area contributed by atoms with Crippen LogP contribution in [0.15, 0.2) is 16.6 Å². The topological polar surface area (TPSA) is 81.2 Å². The first kappa shape index (κ1) is 13.1. The number of rotatable bonds is 4. The maximum absolute atomic E-state index is 11.0. The fraction of sp³-hybridized carbons (Fsp3) is 0.400. The van der Waals surface area contributed by atoms with Crippen molar-refractivity contribution in [1.29, 1.82) is 0 Å². The van der Waals surface area contributed by atoms with E-state index in [9.17, 15) is 10.1 Å². The van der Waals surface area contributed by atoms with E-state index in [1.807, 2.05) is 0 Å². The van der Waals surface area contributed by atoms with Gasteiger partial charge in [-0.2, -0.15) is 0 Å². The molecule has 0 aromatic heterocycles. The maximum Gasteiger partial charge on any atom is 0.278 e. The summed E-state index contributed by atoms with van der Waals surface area (Å²) in [5, 5.41) is 13.9. The molecule has 0 aliphatic rings. The number of nitro benzene ring substituents is 1. The van der Waals surface area contributed by atoms with E-state index in [0.29, 0.717) is 17.7 Å². The van der Waals surface area contributed by atoms with Gasteiger partial charge in [0.15, 0.2) is 0 Å². The van der Waals surface area contributed by atoms with Crippen LogP contribution in [0, 0.1) is 17.0 Å². The SMILES string of the molecule is CNCC(N)c1ccc(Br)c(C)c1[N+](=O)[O-]. The van der Waals surface area contributed by atoms with Gasteiger partial charge in [0.25, 0.3) is 5.69 Å². The Hall–Kier alpha value is -0.980. The Balaban J connectivity index is 3.28. The monoisotopic (exact) mass is 287 g/mol. The van der Waals surface area contributed by atoms with E-state index in [0.717, 1.165) is 4.47 Å². The molecular weight excluding hydrogens is 274 g/mol. The lowest BCUT2D eigenvalue weighted by Crippen LogP contribution is -2.25. The Bertz CT molecular complexity index is 409. The average molecular weight is 288 g/mol. The molecule has 0 aliphatic heterocycles. The summed E-state index contributed by atoms with van der Waals surface area (Å²) in [6.07, 6.45) is 0. The van der Waals surface area contributed by atoms with Crippen molar-refractivity contribution in [3.8, 4) is 0 Å². The Kier molecular flexibility index (Phi) is 4.40. The van der Waals surface area contributed by atoms with Crippen molar-refractivity contribution in [2.45, 2.75) is 13.0 Å². The summed E-state index contributed by atoms with van der Waals surface area (Å²) >= 11 is 3.28. The third-order valence-corrected chi connectivity index (χ3v) is 3.26. The highest BCUT2D eigenvalue weighted by atomic mass is 79.9. The molecule has 0 aliphatic carbocycles. The van der Waals surface area contributed by atoms with Crippen molar-refractivity contribution in [2.75, 3.05) is 13.6 Å². The third-order valence-electron chi connectivity index (χ3n) is 2.40. The Labute approximate surface area is 102 Å². The molecule has 1 aromatic carbocycles. The Morgan fingerprint density at radius 2 is 2.25 bits per heavy atom. The lowest BCUT2D eigenvalue weighted by Gasteiger charge is -2.13. The van der Waals surface area contributed by atoms with Crippen molar-refractivity contribution < 1.29 is 4.92 Å². The summed E-state index contributed by atoms with van der Waals surface area (Å²) < 4.78 is 0.722. The first-order chi connectivity index (χ1) is 7.49. The molecule has 1 aromatic rings. The minimum Gasteiger partial charge on any atom is -0.323 e. The molecule has 0 radical (unpaired) electrons. The highest BCUT2D eigenvalue weighted by Crippen LogP contribution is 2.32. The van der Waals surface area contributed by atoms with Gasteiger partial charge in [-0.25, -0.2) is 0 Å². The third kappa shape index (κ3) is 2.58. The minimum atomic E-state index is -0.384. The van der Waals surface area contributed by atoms with Crippen LogP contribution < -0.4 is 11.1 Å². The summed E-state index contributed by atoms with van der Waals surface area (Å²) in [4.78, 5) is 10.6. The van der Waals surface area contributed by atoms with E-state index < -0.39 is 0 Å². The van der Waals surface area contributed by atoms with Gasteiger partial charge in [-0.15, -0.1) is 0 Å². The van der Waals surface area contributed by atoms with E-state index in [1.54, 1.807) is 26.1 Å². The van der Waals surface area contributed by atoms with Crippen LogP contribution in [-0.2, 0) is 0 Å². The first-order valence-electron chi connectivity index (χ1n) is 4.82. The van der Waals surface area contributed by atoms with Gasteiger partial charge in [0, 0.05) is 28.2 Å². The van der Waals surface area contributed by atoms with Crippen LogP contribution in [0.2, 0.25) is 0 Å². The molecule has 0 fully saturated rings. The van der Waals surface area contributed by atoms with Gasteiger partial charge in [0.2, 0.25) is 0 Å². The van der Waals surface area contributed by atoms with Gasteiger partial charge >= 0.3 is 0 Å². The zero-order chi connectivity index (χ0) is 12.3. The van der Waals surface area contributed by atoms with Crippen LogP contribution >= 0.6 is 15.9 Å². The fourth-order valence-electron chi connectivity index (χ4n) is 1.57. The van der Waals surface area contributed by atoms with E-state index in [-0.39, 0.29) is 16.7 Å². The van der Waals surface area contributed by atoms with Crippen LogP contribution in [0.1, 0.15) is 17.2 Å². The summed E-state index contributed by atoms with van der Waals surface area (Å²) in [5.41, 5.74) is 7.14. The van der Waals surface area contributed by atoms with Gasteiger partial charge in [-0.3, -0.25) is 10.1 Å². The molecule has 6 heteroatoms. The molecule has 0 spiro atoms. The van der Waals surface area contributed by atoms with E-state index >= 15 is 0 Å². The Morgan fingerprint density at radius 1 is 1.62 bits per heavy atom. The smallest absolute Gasteiger partial charge is 0.278 e. The summed E-state index contributed by atoms with van der Waals surface area (Å²) in [7, 11) is 1.76. The second-order valence-electron chi connectivity index (χ2n) is 3.53. The van der Waals surface area contributed by atoms with Crippen molar-refractivity contribution in [3.05, 3.63) is 37.8 Å². The molecule has 0 amide bonds. The number of nitrogens with one attached hydrogen (secondary N) is 1. The summed E-state index contributed by atoms with van der Waals surface area (Å²) in [6, 6.07) is 3.10. The van der Waals surface area contributed by atoms with Crippen LogP contribution in [0.3, 0.4) is 0 Å². The molecule has 1 rings (SSSR count). The molecule has 0 saturated heterocycles. The quantitative estimate of drug-likeness (QED) is 0.654. The summed E-state index contributed by atoms with van der Waals surface area (Å²) in [6.45, 7) is 2.21. The predicted octanol–water partition coefficient (Wildman–Crippen LogP) is 1.88. The average Bonchev–Trinajstić information content (AvgIpc) is 2.21. The highest BCUT2D eigenvalue weighted by Gasteiger charge is 2.22. The number of nitrogens with zero attached hydrogens (tertiary/aromatic N) is 1. The predicted molar refractivity (Wildman–Crippen MR) is 66.4 cm³/mol. The van der Waals surface area contributed by atoms with Crippen LogP contribution in [-0.4, -0.2) is 18.5 Å². The van der Waals surface area contributed by atoms with E-state index in [4.69, 9.17) is 5.73 Å². The highest BCUT2D eigenvalue weighted by molar-refractivity contribution is 9.10. The lowest BCUT2D eigenvalue weighted by molar-refractivity contribution is -0.386. The normalized spacial score (nSPS) is 12.5. The van der Waals surface area contributed by atoms with Crippen LogP contribution in [0.4, 0.5) is 5.69 Å². The van der Waals surface area contributed by atoms with Gasteiger partial charge in [0.05, 0.1) is 4.92 Å². The standard InChI is InChI=1S/C10H14BrN3O2/c1-6-8(11)4-3-7(9(12)5-13-2)10(6)14(15)16/h3-4,9,13H,5,12H2,1-2H3. The molecule has 0 saturated carbocycles. The number of benzene rings is 1. The molecular formula is C10H14BrN3O2. The number of hydrogen-bond donors (Lipinski definition) is 2. The van der Waals surface area contributed by atoms with Gasteiger partial charge in [-0.1, -0.05) is 15.9 Å². The lowest BCUT2D eigenvalue weighted by atomic mass is 10.0. The Morgan fingerprint density at radius 3 is 2.75 bits per heavy atom. The van der Waals surface area contributed by atoms with Gasteiger partial charge in [0.1, 0.15) is 0 Å². The summed E-state index contributed by atoms with van der Waals surface area (Å²) in [5.74, 6) is 0.